The van der Waals surface area contributed by atoms with E-state index in [1.165, 1.54) is 10.6 Å². The van der Waals surface area contributed by atoms with E-state index in [0.29, 0.717) is 0 Å². The molecular formula is C13H7ClF3N3O3. The first kappa shape index (κ1) is 15.3. The second-order valence-electron chi connectivity index (χ2n) is 4.80. The molecule has 0 aliphatic heterocycles. The van der Waals surface area contributed by atoms with Gasteiger partial charge >= 0.3 is 12.1 Å². The Balaban J connectivity index is 2.35. The van der Waals surface area contributed by atoms with E-state index in [2.05, 4.69) is 9.97 Å². The highest BCUT2D eigenvalue weighted by Gasteiger charge is 2.33. The summed E-state index contributed by atoms with van der Waals surface area (Å²) in [7, 11) is 0. The van der Waals surface area contributed by atoms with Gasteiger partial charge in [0.25, 0.3) is 5.56 Å². The summed E-state index contributed by atoms with van der Waals surface area (Å²) in [4.78, 5) is 28.8. The van der Waals surface area contributed by atoms with Crippen molar-refractivity contribution < 1.29 is 23.1 Å². The Bertz CT molecular complexity index is 1010. The Morgan fingerprint density at radius 3 is 2.70 bits per heavy atom. The molecular weight excluding hydrogens is 339 g/mol. The summed E-state index contributed by atoms with van der Waals surface area (Å²) in [6.07, 6.45) is -3.80. The second-order valence-corrected chi connectivity index (χ2v) is 5.20. The number of carbonyl (C=O) groups is 1. The van der Waals surface area contributed by atoms with Crippen LogP contribution in [0.25, 0.3) is 16.7 Å². The quantitative estimate of drug-likeness (QED) is 0.747. The van der Waals surface area contributed by atoms with Crippen molar-refractivity contribution >= 4 is 34.3 Å². The van der Waals surface area contributed by atoms with E-state index in [1.54, 1.807) is 0 Å². The largest absolute Gasteiger partial charge is 0.481 e. The second kappa shape index (κ2) is 4.98. The molecule has 0 radical (unpaired) electrons. The van der Waals surface area contributed by atoms with Crippen LogP contribution >= 0.6 is 11.6 Å². The van der Waals surface area contributed by atoms with Crippen LogP contribution in [0.5, 0.6) is 0 Å². The van der Waals surface area contributed by atoms with Crippen LogP contribution in [-0.4, -0.2) is 25.4 Å². The molecule has 0 atom stereocenters. The average molecular weight is 346 g/mol. The van der Waals surface area contributed by atoms with Crippen LogP contribution in [0.3, 0.4) is 0 Å². The first-order valence-corrected chi connectivity index (χ1v) is 6.57. The Kier molecular flexibility index (Phi) is 3.33. The van der Waals surface area contributed by atoms with Crippen molar-refractivity contribution in [1.82, 2.24) is 14.4 Å². The lowest BCUT2D eigenvalue weighted by atomic mass is 10.2. The van der Waals surface area contributed by atoms with Gasteiger partial charge in [-0.15, -0.1) is 0 Å². The molecule has 2 N–H and O–H groups in total. The normalized spacial score (nSPS) is 12.2. The van der Waals surface area contributed by atoms with Gasteiger partial charge in [0.15, 0.2) is 0 Å². The van der Waals surface area contributed by atoms with E-state index in [1.807, 2.05) is 0 Å². The van der Waals surface area contributed by atoms with Crippen LogP contribution in [0, 0.1) is 0 Å². The van der Waals surface area contributed by atoms with Crippen molar-refractivity contribution in [2.45, 2.75) is 12.6 Å². The molecule has 0 aliphatic carbocycles. The van der Waals surface area contributed by atoms with Gasteiger partial charge in [0, 0.05) is 6.20 Å². The number of fused-ring (bicyclic) bond motifs is 3. The topological polar surface area (TPSA) is 87.5 Å². The van der Waals surface area contributed by atoms with E-state index in [0.717, 1.165) is 12.1 Å². The lowest BCUT2D eigenvalue weighted by Gasteiger charge is -2.10. The average Bonchev–Trinajstić information content (AvgIpc) is 2.81. The smallest absolute Gasteiger partial charge is 0.417 e. The van der Waals surface area contributed by atoms with Gasteiger partial charge in [-0.2, -0.15) is 13.2 Å². The van der Waals surface area contributed by atoms with Crippen LogP contribution in [0.4, 0.5) is 13.2 Å². The third-order valence-corrected chi connectivity index (χ3v) is 3.50. The molecule has 2 aromatic heterocycles. The van der Waals surface area contributed by atoms with Crippen molar-refractivity contribution in [3.8, 4) is 0 Å². The number of aromatic nitrogens is 3. The van der Waals surface area contributed by atoms with E-state index < -0.39 is 34.7 Å². The zero-order chi connectivity index (χ0) is 16.9. The van der Waals surface area contributed by atoms with Crippen LogP contribution in [0.1, 0.15) is 11.3 Å². The SMILES string of the molecule is O=C(O)Cc1cn2c(n1)c(=O)[nH]c1cc(C(F)(F)F)c(Cl)cc12. The molecule has 0 amide bonds. The van der Waals surface area contributed by atoms with Gasteiger partial charge in [-0.3, -0.25) is 14.0 Å². The van der Waals surface area contributed by atoms with Gasteiger partial charge in [-0.25, -0.2) is 4.98 Å². The van der Waals surface area contributed by atoms with Crippen molar-refractivity contribution in [1.29, 1.82) is 0 Å². The van der Waals surface area contributed by atoms with Gasteiger partial charge in [0.05, 0.1) is 33.7 Å². The lowest BCUT2D eigenvalue weighted by Crippen LogP contribution is -2.12. The number of nitrogens with one attached hydrogen (secondary N) is 1. The fourth-order valence-electron chi connectivity index (χ4n) is 2.27. The molecule has 0 saturated heterocycles. The van der Waals surface area contributed by atoms with E-state index in [4.69, 9.17) is 16.7 Å². The highest BCUT2D eigenvalue weighted by molar-refractivity contribution is 6.32. The highest BCUT2D eigenvalue weighted by Crippen LogP contribution is 2.36. The third kappa shape index (κ3) is 2.63. The van der Waals surface area contributed by atoms with Gasteiger partial charge < -0.3 is 10.1 Å². The van der Waals surface area contributed by atoms with Gasteiger partial charge in [-0.05, 0) is 12.1 Å². The molecule has 0 spiro atoms. The maximum absolute atomic E-state index is 12.9. The van der Waals surface area contributed by atoms with Crippen molar-refractivity contribution in [2.75, 3.05) is 0 Å². The maximum Gasteiger partial charge on any atom is 0.417 e. The van der Waals surface area contributed by atoms with Crippen LogP contribution < -0.4 is 5.56 Å². The minimum absolute atomic E-state index is 0.0847. The number of alkyl halides is 3. The predicted octanol–water partition coefficient (Wildman–Crippen LogP) is 2.48. The van der Waals surface area contributed by atoms with Crippen LogP contribution in [0.2, 0.25) is 5.02 Å². The standard InChI is InChI=1S/C13H7ClF3N3O3/c14-7-3-9-8(2-6(7)13(15,16)17)19-12(23)11-18-5(1-10(21)22)4-20(9)11/h2-4H,1H2,(H,19,23)(H,21,22). The third-order valence-electron chi connectivity index (χ3n) is 3.19. The number of nitrogens with zero attached hydrogens (tertiary/aromatic N) is 2. The van der Waals surface area contributed by atoms with Gasteiger partial charge in [-0.1, -0.05) is 11.6 Å². The highest BCUT2D eigenvalue weighted by atomic mass is 35.5. The van der Waals surface area contributed by atoms with Crippen molar-refractivity contribution in [3.63, 3.8) is 0 Å². The summed E-state index contributed by atoms with van der Waals surface area (Å²) in [6.45, 7) is 0. The Hall–Kier alpha value is -2.55. The fourth-order valence-corrected chi connectivity index (χ4v) is 2.54. The fraction of sp³-hybridized carbons (Fsp3) is 0.154. The van der Waals surface area contributed by atoms with Gasteiger partial charge in [0.2, 0.25) is 5.65 Å². The summed E-state index contributed by atoms with van der Waals surface area (Å²) < 4.78 is 39.9. The zero-order valence-corrected chi connectivity index (χ0v) is 11.9. The number of aromatic amines is 1. The minimum Gasteiger partial charge on any atom is -0.481 e. The summed E-state index contributed by atoms with van der Waals surface area (Å²) in [6, 6.07) is 1.78. The Labute approximate surface area is 130 Å². The minimum atomic E-state index is -4.67. The van der Waals surface area contributed by atoms with Crippen molar-refractivity contribution in [3.05, 3.63) is 45.0 Å². The number of halogens is 4. The molecule has 0 bridgehead atoms. The number of carboxylic acid groups (broad SMARTS) is 1. The number of benzene rings is 1. The summed E-state index contributed by atoms with van der Waals surface area (Å²) >= 11 is 5.68. The van der Waals surface area contributed by atoms with E-state index in [-0.39, 0.29) is 22.4 Å². The molecule has 3 rings (SSSR count). The molecule has 23 heavy (non-hydrogen) atoms. The molecule has 10 heteroatoms. The zero-order valence-electron chi connectivity index (χ0n) is 11.1. The molecule has 0 saturated carbocycles. The molecule has 1 aromatic carbocycles. The molecule has 2 heterocycles. The van der Waals surface area contributed by atoms with E-state index in [9.17, 15) is 22.8 Å². The first-order valence-electron chi connectivity index (χ1n) is 6.19. The van der Waals surface area contributed by atoms with E-state index >= 15 is 0 Å². The van der Waals surface area contributed by atoms with Crippen molar-refractivity contribution in [2.24, 2.45) is 0 Å². The molecule has 0 aliphatic rings. The Morgan fingerprint density at radius 1 is 1.39 bits per heavy atom. The molecule has 0 fully saturated rings. The number of carboxylic acids is 1. The number of imidazole rings is 1. The molecule has 3 aromatic rings. The number of aliphatic carboxylic acids is 1. The predicted molar refractivity (Wildman–Crippen MR) is 74.7 cm³/mol. The lowest BCUT2D eigenvalue weighted by molar-refractivity contribution is -0.137. The van der Waals surface area contributed by atoms with Gasteiger partial charge in [0.1, 0.15) is 0 Å². The monoisotopic (exact) mass is 345 g/mol. The number of hydrogen-bond donors (Lipinski definition) is 2. The number of H-pyrrole nitrogens is 1. The number of hydrogen-bond acceptors (Lipinski definition) is 3. The maximum atomic E-state index is 12.9. The van der Waals surface area contributed by atoms with Crippen LogP contribution in [0.15, 0.2) is 23.1 Å². The molecule has 0 unspecified atom stereocenters. The Morgan fingerprint density at radius 2 is 2.09 bits per heavy atom. The molecule has 120 valence electrons. The summed E-state index contributed by atoms with van der Waals surface area (Å²) in [5.41, 5.74) is -1.73. The summed E-state index contributed by atoms with van der Waals surface area (Å²) in [5, 5.41) is 8.23. The summed E-state index contributed by atoms with van der Waals surface area (Å²) in [5.74, 6) is -1.15. The molecule has 6 nitrogen and oxygen atoms in total. The number of rotatable bonds is 2. The first-order chi connectivity index (χ1) is 10.7. The van der Waals surface area contributed by atoms with Crippen LogP contribution in [-0.2, 0) is 17.4 Å².